The first-order valence-electron chi connectivity index (χ1n) is 6.27. The third-order valence-electron chi connectivity index (χ3n) is 2.76. The number of aromatic nitrogens is 2. The average Bonchev–Trinajstić information content (AvgIpc) is 2.89. The van der Waals surface area contributed by atoms with Crippen LogP contribution in [0.25, 0.3) is 0 Å². The van der Waals surface area contributed by atoms with Crippen molar-refractivity contribution in [1.82, 2.24) is 9.78 Å². The van der Waals surface area contributed by atoms with Gasteiger partial charge in [-0.3, -0.25) is 4.68 Å². The second-order valence-corrected chi connectivity index (χ2v) is 7.99. The van der Waals surface area contributed by atoms with Gasteiger partial charge in [0.1, 0.15) is 5.25 Å². The van der Waals surface area contributed by atoms with Crippen LogP contribution in [-0.2, 0) is 22.6 Å². The van der Waals surface area contributed by atoms with Gasteiger partial charge in [-0.2, -0.15) is 36.7 Å². The average molecular weight is 395 g/mol. The Balaban J connectivity index is 2.64. The molecule has 0 saturated heterocycles. The van der Waals surface area contributed by atoms with Crippen LogP contribution in [0.15, 0.2) is 12.3 Å². The minimum atomic E-state index is -4.67. The van der Waals surface area contributed by atoms with Crippen molar-refractivity contribution in [1.29, 1.82) is 5.26 Å². The van der Waals surface area contributed by atoms with Crippen LogP contribution >= 0.6 is 11.8 Å². The molecule has 0 amide bonds. The van der Waals surface area contributed by atoms with E-state index in [1.54, 1.807) is 0 Å². The number of alkyl halides is 6. The maximum atomic E-state index is 12.4. The molecule has 24 heavy (non-hydrogen) atoms. The molecule has 1 rings (SSSR count). The van der Waals surface area contributed by atoms with Gasteiger partial charge in [-0.05, 0) is 12.5 Å². The molecule has 0 aliphatic carbocycles. The van der Waals surface area contributed by atoms with Gasteiger partial charge in [0.05, 0.1) is 18.4 Å². The standard InChI is InChI=1S/C11H11F6N3O2S2/c12-10(13,14)9-1-3-20(19-9)4-6-24(21,22)8(7-18)2-5-23-11(15,16)17/h1,3,8H,2,4-6H2. The van der Waals surface area contributed by atoms with E-state index >= 15 is 0 Å². The fourth-order valence-electron chi connectivity index (χ4n) is 1.61. The highest BCUT2D eigenvalue weighted by molar-refractivity contribution is 8.00. The number of halogens is 6. The minimum Gasteiger partial charge on any atom is -0.271 e. The summed E-state index contributed by atoms with van der Waals surface area (Å²) in [5.41, 5.74) is -5.73. The van der Waals surface area contributed by atoms with Crippen molar-refractivity contribution in [3.05, 3.63) is 18.0 Å². The van der Waals surface area contributed by atoms with Crippen molar-refractivity contribution in [2.45, 2.75) is 29.9 Å². The van der Waals surface area contributed by atoms with Crippen LogP contribution in [0.1, 0.15) is 12.1 Å². The van der Waals surface area contributed by atoms with Crippen LogP contribution < -0.4 is 0 Å². The first kappa shape index (κ1) is 20.6. The van der Waals surface area contributed by atoms with Crippen LogP contribution in [0.2, 0.25) is 0 Å². The number of aryl methyl sites for hydroxylation is 1. The highest BCUT2D eigenvalue weighted by Gasteiger charge is 2.34. The van der Waals surface area contributed by atoms with Crippen LogP contribution in [0, 0.1) is 11.3 Å². The van der Waals surface area contributed by atoms with Crippen LogP contribution in [-0.4, -0.2) is 40.5 Å². The van der Waals surface area contributed by atoms with Crippen molar-refractivity contribution in [3.63, 3.8) is 0 Å². The zero-order chi connectivity index (χ0) is 18.6. The van der Waals surface area contributed by atoms with Gasteiger partial charge in [-0.15, -0.1) is 0 Å². The summed E-state index contributed by atoms with van der Waals surface area (Å²) in [7, 11) is -4.10. The predicted molar refractivity (Wildman–Crippen MR) is 73.5 cm³/mol. The van der Waals surface area contributed by atoms with Crippen molar-refractivity contribution < 1.29 is 34.8 Å². The summed E-state index contributed by atoms with van der Waals surface area (Å²) in [5, 5.41) is 10.3. The molecule has 13 heteroatoms. The number of sulfone groups is 1. The molecule has 1 heterocycles. The predicted octanol–water partition coefficient (Wildman–Crippen LogP) is 2.85. The van der Waals surface area contributed by atoms with Crippen molar-refractivity contribution in [3.8, 4) is 6.07 Å². The number of nitriles is 1. The summed E-state index contributed by atoms with van der Waals surface area (Å²) in [6.45, 7) is -0.441. The molecule has 5 nitrogen and oxygen atoms in total. The molecule has 0 aliphatic rings. The molecule has 0 aliphatic heterocycles. The zero-order valence-electron chi connectivity index (χ0n) is 11.8. The van der Waals surface area contributed by atoms with E-state index in [1.807, 2.05) is 0 Å². The van der Waals surface area contributed by atoms with Gasteiger partial charge in [-0.1, -0.05) is 11.8 Å². The van der Waals surface area contributed by atoms with Gasteiger partial charge in [0.2, 0.25) is 0 Å². The second-order valence-electron chi connectivity index (χ2n) is 4.53. The number of thioether (sulfide) groups is 1. The Morgan fingerprint density at radius 3 is 2.38 bits per heavy atom. The van der Waals surface area contributed by atoms with Gasteiger partial charge >= 0.3 is 11.7 Å². The van der Waals surface area contributed by atoms with Crippen LogP contribution in [0.5, 0.6) is 0 Å². The Morgan fingerprint density at radius 2 is 1.92 bits per heavy atom. The lowest BCUT2D eigenvalue weighted by Gasteiger charge is -2.11. The number of hydrogen-bond donors (Lipinski definition) is 0. The molecule has 0 bridgehead atoms. The number of hydrogen-bond acceptors (Lipinski definition) is 5. The molecule has 0 aromatic carbocycles. The van der Waals surface area contributed by atoms with Crippen LogP contribution in [0.3, 0.4) is 0 Å². The topological polar surface area (TPSA) is 75.8 Å². The van der Waals surface area contributed by atoms with Crippen molar-refractivity contribution >= 4 is 21.6 Å². The summed E-state index contributed by atoms with van der Waals surface area (Å²) in [4.78, 5) is 0. The third kappa shape index (κ3) is 6.60. The summed E-state index contributed by atoms with van der Waals surface area (Å²) in [6.07, 6.45) is -4.27. The molecule has 1 atom stereocenters. The lowest BCUT2D eigenvalue weighted by molar-refractivity contribution is -0.141. The molecule has 0 fully saturated rings. The molecule has 0 saturated carbocycles. The maximum absolute atomic E-state index is 12.4. The molecule has 0 N–H and O–H groups in total. The molecule has 1 aromatic rings. The third-order valence-corrected chi connectivity index (χ3v) is 5.49. The van der Waals surface area contributed by atoms with Gasteiger partial charge in [0, 0.05) is 11.9 Å². The van der Waals surface area contributed by atoms with Crippen molar-refractivity contribution in [2.24, 2.45) is 0 Å². The summed E-state index contributed by atoms with van der Waals surface area (Å²) in [5.74, 6) is -1.32. The van der Waals surface area contributed by atoms with E-state index in [1.165, 1.54) is 6.07 Å². The largest absolute Gasteiger partial charge is 0.441 e. The zero-order valence-corrected chi connectivity index (χ0v) is 13.4. The van der Waals surface area contributed by atoms with E-state index in [0.717, 1.165) is 10.9 Å². The number of nitrogens with zero attached hydrogens (tertiary/aromatic N) is 3. The number of rotatable bonds is 7. The second kappa shape index (κ2) is 7.64. The van der Waals surface area contributed by atoms with Gasteiger partial charge < -0.3 is 0 Å². The summed E-state index contributed by atoms with van der Waals surface area (Å²) >= 11 is -0.444. The molecule has 0 radical (unpaired) electrons. The maximum Gasteiger partial charge on any atom is 0.441 e. The van der Waals surface area contributed by atoms with E-state index < -0.39 is 68.7 Å². The van der Waals surface area contributed by atoms with Crippen molar-refractivity contribution in [2.75, 3.05) is 11.5 Å². The minimum absolute atomic E-state index is 0.441. The smallest absolute Gasteiger partial charge is 0.271 e. The lowest BCUT2D eigenvalue weighted by Crippen LogP contribution is -2.26. The Labute approximate surface area is 137 Å². The summed E-state index contributed by atoms with van der Waals surface area (Å²) in [6, 6.07) is 2.08. The van der Waals surface area contributed by atoms with E-state index in [0.29, 0.717) is 6.07 Å². The van der Waals surface area contributed by atoms with E-state index in [-0.39, 0.29) is 0 Å². The van der Waals surface area contributed by atoms with E-state index in [2.05, 4.69) is 5.10 Å². The Kier molecular flexibility index (Phi) is 6.57. The fourth-order valence-corrected chi connectivity index (χ4v) is 3.70. The monoisotopic (exact) mass is 395 g/mol. The molecule has 0 spiro atoms. The quantitative estimate of drug-likeness (QED) is 0.664. The van der Waals surface area contributed by atoms with Gasteiger partial charge in [0.15, 0.2) is 15.5 Å². The molecule has 136 valence electrons. The molecule has 1 unspecified atom stereocenters. The highest BCUT2D eigenvalue weighted by Crippen LogP contribution is 2.31. The van der Waals surface area contributed by atoms with E-state index in [9.17, 15) is 34.8 Å². The Hall–Kier alpha value is -1.42. The van der Waals surface area contributed by atoms with Crippen LogP contribution in [0.4, 0.5) is 26.3 Å². The first-order valence-corrected chi connectivity index (χ1v) is 8.98. The Morgan fingerprint density at radius 1 is 1.29 bits per heavy atom. The Bertz CT molecular complexity index is 690. The van der Waals surface area contributed by atoms with Gasteiger partial charge in [0.25, 0.3) is 0 Å². The summed E-state index contributed by atoms with van der Waals surface area (Å²) < 4.78 is 97.7. The molecular formula is C11H11F6N3O2S2. The van der Waals surface area contributed by atoms with E-state index in [4.69, 9.17) is 5.26 Å². The van der Waals surface area contributed by atoms with Gasteiger partial charge in [-0.25, -0.2) is 8.42 Å². The fraction of sp³-hybridized carbons (Fsp3) is 0.636. The highest BCUT2D eigenvalue weighted by atomic mass is 32.2. The normalized spacial score (nSPS) is 14.4. The first-order chi connectivity index (χ1) is 10.8. The molecular weight excluding hydrogens is 384 g/mol. The SMILES string of the molecule is N#CC(CCSC(F)(F)F)S(=O)(=O)CCn1ccc(C(F)(F)F)n1. The lowest BCUT2D eigenvalue weighted by atomic mass is 10.4. The molecule has 1 aromatic heterocycles.